The molecule has 0 aliphatic carbocycles. The van der Waals surface area contributed by atoms with Gasteiger partial charge in [0.25, 0.3) is 0 Å². The Balaban J connectivity index is 0.000000284. The summed E-state index contributed by atoms with van der Waals surface area (Å²) in [5.74, 6) is 0. The van der Waals surface area contributed by atoms with Crippen LogP contribution >= 0.6 is 20.2 Å². The number of aromatic nitrogens is 2. The summed E-state index contributed by atoms with van der Waals surface area (Å²) in [4.78, 5) is 8.08. The fourth-order valence-corrected chi connectivity index (χ4v) is 1.37. The van der Waals surface area contributed by atoms with Gasteiger partial charge in [0.15, 0.2) is 0 Å². The van der Waals surface area contributed by atoms with Crippen LogP contribution in [0.4, 0.5) is 0 Å². The van der Waals surface area contributed by atoms with Crippen molar-refractivity contribution in [1.29, 1.82) is 0 Å². The van der Waals surface area contributed by atoms with Gasteiger partial charge in [0.05, 0.1) is 0 Å². The quantitative estimate of drug-likeness (QED) is 0.641. The summed E-state index contributed by atoms with van der Waals surface area (Å²) >= 11 is 0.757. The molecule has 0 fully saturated rings. The Hall–Kier alpha value is -0.601. The molecule has 0 amide bonds. The first kappa shape index (κ1) is 18.4. The van der Waals surface area contributed by atoms with E-state index >= 15 is 0 Å². The molecule has 0 radical (unpaired) electrons. The van der Waals surface area contributed by atoms with E-state index in [9.17, 15) is 0 Å². The van der Waals surface area contributed by atoms with E-state index in [1.807, 2.05) is 38.4 Å². The van der Waals surface area contributed by atoms with Gasteiger partial charge in [0.1, 0.15) is 0 Å². The summed E-state index contributed by atoms with van der Waals surface area (Å²) < 4.78 is 0. The van der Waals surface area contributed by atoms with Crippen LogP contribution in [0.1, 0.15) is 22.5 Å². The Bertz CT molecular complexity index is 401. The van der Waals surface area contributed by atoms with Gasteiger partial charge in [0.2, 0.25) is 0 Å². The van der Waals surface area contributed by atoms with Crippen molar-refractivity contribution in [3.63, 3.8) is 0 Å². The van der Waals surface area contributed by atoms with Gasteiger partial charge >= 0.3 is 33.3 Å². The third-order valence-electron chi connectivity index (χ3n) is 2.10. The molecule has 19 heavy (non-hydrogen) atoms. The molecule has 0 spiro atoms. The first-order valence-corrected chi connectivity index (χ1v) is 8.18. The molecule has 0 N–H and O–H groups in total. The van der Waals surface area contributed by atoms with Gasteiger partial charge in [-0.15, -0.1) is 0 Å². The van der Waals surface area contributed by atoms with Crippen molar-refractivity contribution in [2.24, 2.45) is 0 Å². The zero-order valence-corrected chi connectivity index (χ0v) is 13.9. The van der Waals surface area contributed by atoms with Crippen LogP contribution in [0.2, 0.25) is 0 Å². The van der Waals surface area contributed by atoms with E-state index in [4.69, 9.17) is 0 Å². The molecule has 2 aromatic heterocycles. The van der Waals surface area contributed by atoms with E-state index in [-0.39, 0.29) is 0 Å². The summed E-state index contributed by atoms with van der Waals surface area (Å²) in [6.45, 7) is 8.11. The molecule has 0 saturated heterocycles. The molecule has 0 aliphatic rings. The zero-order valence-electron chi connectivity index (χ0n) is 11.4. The number of hydrogen-bond acceptors (Lipinski definition) is 2. The van der Waals surface area contributed by atoms with Crippen molar-refractivity contribution in [3.05, 3.63) is 59.2 Å². The Kier molecular flexibility index (Phi) is 10.9. The van der Waals surface area contributed by atoms with Crippen molar-refractivity contribution in [2.45, 2.75) is 27.7 Å². The van der Waals surface area contributed by atoms with Crippen LogP contribution in [-0.4, -0.2) is 9.97 Å². The van der Waals surface area contributed by atoms with E-state index in [1.54, 1.807) is 0 Å². The minimum atomic E-state index is 0.757. The molecule has 0 unspecified atom stereocenters. The molecular weight excluding hydrogens is 331 g/mol. The molecule has 2 nitrogen and oxygen atoms in total. The van der Waals surface area contributed by atoms with Gasteiger partial charge in [-0.1, -0.05) is 0 Å². The van der Waals surface area contributed by atoms with E-state index in [2.05, 4.69) is 56.1 Å². The number of aryl methyl sites for hydroxylation is 4. The van der Waals surface area contributed by atoms with Crippen molar-refractivity contribution >= 4 is 20.2 Å². The molecule has 2 aromatic rings. The molecule has 2 rings (SSSR count). The van der Waals surface area contributed by atoms with Gasteiger partial charge in [-0.25, -0.2) is 0 Å². The summed E-state index contributed by atoms with van der Waals surface area (Å²) in [5, 5.41) is 0. The predicted molar refractivity (Wildman–Crippen MR) is 79.1 cm³/mol. The molecule has 0 aromatic carbocycles. The molecule has 0 atom stereocenters. The van der Waals surface area contributed by atoms with E-state index in [1.165, 1.54) is 11.1 Å². The second kappa shape index (κ2) is 11.2. The second-order valence-electron chi connectivity index (χ2n) is 3.99. The van der Waals surface area contributed by atoms with Crippen molar-refractivity contribution in [3.8, 4) is 0 Å². The van der Waals surface area contributed by atoms with Crippen LogP contribution in [0.5, 0.6) is 0 Å². The number of pyridine rings is 2. The molecule has 0 bridgehead atoms. The van der Waals surface area contributed by atoms with Crippen LogP contribution in [0.3, 0.4) is 0 Å². The van der Waals surface area contributed by atoms with Crippen LogP contribution < -0.4 is 0 Å². The third kappa shape index (κ3) is 11.0. The normalized spacial score (nSPS) is 8.95. The van der Waals surface area contributed by atoms with Crippen LogP contribution in [0.15, 0.2) is 36.7 Å². The predicted octanol–water partition coefficient (Wildman–Crippen LogP) is 4.77. The Morgan fingerprint density at radius 3 is 1.26 bits per heavy atom. The Morgan fingerprint density at radius 1 is 0.789 bits per heavy atom. The van der Waals surface area contributed by atoms with Crippen molar-refractivity contribution in [2.75, 3.05) is 0 Å². The standard InChI is InChI=1S/2C7H9N.2ClH.Cu/c2*1-6-3-4-8-7(2)5-6;;;/h2*3-5H,1-2H3;2*1H;/q;;;;+2/p-2. The summed E-state index contributed by atoms with van der Waals surface area (Å²) in [6.07, 6.45) is 3.65. The summed E-state index contributed by atoms with van der Waals surface area (Å²) in [5.41, 5.74) is 4.73. The maximum absolute atomic E-state index is 4.67. The first-order chi connectivity index (χ1) is 8.99. The SMILES string of the molecule is Cc1ccnc(C)c1.Cc1ccnc(C)c1.[Cl][Cu][Cl]. The second-order valence-corrected chi connectivity index (χ2v) is 5.55. The zero-order chi connectivity index (χ0) is 14.7. The monoisotopic (exact) mass is 347 g/mol. The van der Waals surface area contributed by atoms with Gasteiger partial charge in [-0.05, 0) is 63.1 Å². The molecule has 109 valence electrons. The maximum atomic E-state index is 4.67. The number of halogens is 2. The van der Waals surface area contributed by atoms with Gasteiger partial charge in [-0.3, -0.25) is 9.97 Å². The van der Waals surface area contributed by atoms with Crippen molar-refractivity contribution < 1.29 is 13.1 Å². The fourth-order valence-electron chi connectivity index (χ4n) is 1.37. The summed E-state index contributed by atoms with van der Waals surface area (Å²) in [7, 11) is 9.34. The van der Waals surface area contributed by atoms with Gasteiger partial charge in [-0.2, -0.15) is 0 Å². The fraction of sp³-hybridized carbons (Fsp3) is 0.286. The van der Waals surface area contributed by atoms with Crippen molar-refractivity contribution in [1.82, 2.24) is 9.97 Å². The summed E-state index contributed by atoms with van der Waals surface area (Å²) in [6, 6.07) is 8.10. The number of rotatable bonds is 0. The minimum absolute atomic E-state index is 0.757. The van der Waals surface area contributed by atoms with Crippen LogP contribution in [0, 0.1) is 27.7 Å². The van der Waals surface area contributed by atoms with Crippen LogP contribution in [-0.2, 0) is 13.1 Å². The Labute approximate surface area is 130 Å². The number of nitrogens with zero attached hydrogens (tertiary/aromatic N) is 2. The molecule has 2 heterocycles. The number of hydrogen-bond donors (Lipinski definition) is 0. The molecular formula is C14H18Cl2CuN2. The Morgan fingerprint density at radius 2 is 1.11 bits per heavy atom. The first-order valence-electron chi connectivity index (χ1n) is 5.59. The van der Waals surface area contributed by atoms with E-state index in [0.717, 1.165) is 24.5 Å². The van der Waals surface area contributed by atoms with E-state index < -0.39 is 0 Å². The van der Waals surface area contributed by atoms with Gasteiger partial charge in [0, 0.05) is 23.8 Å². The molecule has 5 heteroatoms. The topological polar surface area (TPSA) is 25.8 Å². The van der Waals surface area contributed by atoms with Gasteiger partial charge < -0.3 is 0 Å². The molecule has 0 saturated carbocycles. The van der Waals surface area contributed by atoms with E-state index in [0.29, 0.717) is 0 Å². The third-order valence-corrected chi connectivity index (χ3v) is 2.10. The average molecular weight is 349 g/mol. The average Bonchev–Trinajstić information content (AvgIpc) is 2.30. The van der Waals surface area contributed by atoms with Crippen LogP contribution in [0.25, 0.3) is 0 Å². The molecule has 0 aliphatic heterocycles.